The predicted molar refractivity (Wildman–Crippen MR) is 132 cm³/mol. The molecule has 0 atom stereocenters. The predicted octanol–water partition coefficient (Wildman–Crippen LogP) is 5.78. The lowest BCUT2D eigenvalue weighted by molar-refractivity contribution is 1.12. The molecule has 1 aromatic heterocycles. The Bertz CT molecular complexity index is 1130. The van der Waals surface area contributed by atoms with Crippen molar-refractivity contribution in [1.29, 1.82) is 0 Å². The van der Waals surface area contributed by atoms with Gasteiger partial charge in [-0.05, 0) is 22.5 Å². The van der Waals surface area contributed by atoms with Gasteiger partial charge in [-0.2, -0.15) is 0 Å². The van der Waals surface area contributed by atoms with Crippen LogP contribution in [0.5, 0.6) is 0 Å². The van der Waals surface area contributed by atoms with E-state index in [1.165, 1.54) is 21.6 Å². The molecule has 0 saturated heterocycles. The van der Waals surface area contributed by atoms with Gasteiger partial charge >= 0.3 is 0 Å². The number of aromatic nitrogens is 2. The van der Waals surface area contributed by atoms with E-state index < -0.39 is 16.1 Å². The summed E-state index contributed by atoms with van der Waals surface area (Å²) in [5.74, 6) is 1.04. The lowest BCUT2D eigenvalue weighted by atomic mass is 10.2. The summed E-state index contributed by atoms with van der Waals surface area (Å²) in [6, 6.07) is 26.1. The number of para-hydroxylation sites is 3. The topological polar surface area (TPSA) is 17.8 Å². The van der Waals surface area contributed by atoms with Crippen LogP contribution >= 0.6 is 0 Å². The standard InChI is InChI=1S/C25H30N2Si2/c1-28(2,3)22-17-12-18-23(29(4,5)6)24(22)27-21-16-11-10-15-20(21)26-25(27)19-13-8-7-9-14-19/h7-18H,1-6H3. The van der Waals surface area contributed by atoms with Gasteiger partial charge in [0.1, 0.15) is 5.82 Å². The van der Waals surface area contributed by atoms with Crippen molar-refractivity contribution in [3.8, 4) is 17.1 Å². The molecule has 0 radical (unpaired) electrons. The summed E-state index contributed by atoms with van der Waals surface area (Å²) in [5, 5.41) is 3.02. The molecule has 0 saturated carbocycles. The molecule has 0 aliphatic rings. The van der Waals surface area contributed by atoms with E-state index in [1.807, 2.05) is 0 Å². The van der Waals surface area contributed by atoms with Crippen molar-refractivity contribution in [3.63, 3.8) is 0 Å². The third kappa shape index (κ3) is 3.63. The number of benzene rings is 3. The van der Waals surface area contributed by atoms with Crippen molar-refractivity contribution in [2.45, 2.75) is 39.3 Å². The molecule has 4 aromatic rings. The molecule has 0 spiro atoms. The van der Waals surface area contributed by atoms with Crippen LogP contribution in [-0.2, 0) is 0 Å². The third-order valence-corrected chi connectivity index (χ3v) is 9.51. The molecule has 4 heteroatoms. The Hall–Kier alpha value is -2.44. The van der Waals surface area contributed by atoms with E-state index in [1.54, 1.807) is 0 Å². The number of hydrogen-bond donors (Lipinski definition) is 0. The first kappa shape index (κ1) is 19.9. The van der Waals surface area contributed by atoms with Crippen molar-refractivity contribution < 1.29 is 0 Å². The fourth-order valence-electron chi connectivity index (χ4n) is 4.03. The number of nitrogens with zero attached hydrogens (tertiary/aromatic N) is 2. The second kappa shape index (κ2) is 7.11. The third-order valence-electron chi connectivity index (χ3n) is 5.47. The molecular weight excluding hydrogens is 384 g/mol. The number of hydrogen-bond acceptors (Lipinski definition) is 1. The van der Waals surface area contributed by atoms with Gasteiger partial charge in [0.15, 0.2) is 0 Å². The quantitative estimate of drug-likeness (QED) is 0.387. The molecule has 0 aliphatic heterocycles. The van der Waals surface area contributed by atoms with E-state index in [4.69, 9.17) is 4.98 Å². The molecular formula is C25H30N2Si2. The minimum Gasteiger partial charge on any atom is -0.293 e. The molecule has 0 fully saturated rings. The van der Waals surface area contributed by atoms with Crippen LogP contribution in [0.25, 0.3) is 28.1 Å². The fraction of sp³-hybridized carbons (Fsp3) is 0.240. The molecule has 0 amide bonds. The molecule has 0 unspecified atom stereocenters. The van der Waals surface area contributed by atoms with Crippen LogP contribution in [0.2, 0.25) is 39.3 Å². The minimum atomic E-state index is -1.58. The van der Waals surface area contributed by atoms with Gasteiger partial charge in [0.2, 0.25) is 0 Å². The van der Waals surface area contributed by atoms with Gasteiger partial charge in [-0.3, -0.25) is 4.57 Å². The largest absolute Gasteiger partial charge is 0.293 e. The lowest BCUT2D eigenvalue weighted by Gasteiger charge is -2.29. The van der Waals surface area contributed by atoms with Gasteiger partial charge in [-0.15, -0.1) is 0 Å². The highest BCUT2D eigenvalue weighted by molar-refractivity contribution is 6.93. The maximum atomic E-state index is 5.10. The molecule has 29 heavy (non-hydrogen) atoms. The van der Waals surface area contributed by atoms with E-state index in [0.717, 1.165) is 16.9 Å². The highest BCUT2D eigenvalue weighted by atomic mass is 28.3. The second-order valence-corrected chi connectivity index (χ2v) is 19.9. The van der Waals surface area contributed by atoms with Crippen molar-refractivity contribution >= 4 is 37.6 Å². The molecule has 1 heterocycles. The van der Waals surface area contributed by atoms with E-state index in [9.17, 15) is 0 Å². The Labute approximate surface area is 176 Å². The summed E-state index contributed by atoms with van der Waals surface area (Å²) in [4.78, 5) is 5.10. The average Bonchev–Trinajstić information content (AvgIpc) is 3.06. The van der Waals surface area contributed by atoms with Gasteiger partial charge in [0.05, 0.1) is 27.2 Å². The summed E-state index contributed by atoms with van der Waals surface area (Å²) in [6.45, 7) is 14.7. The lowest BCUT2D eigenvalue weighted by Crippen LogP contribution is -2.49. The fourth-order valence-corrected chi connectivity index (χ4v) is 7.26. The number of imidazole rings is 1. The van der Waals surface area contributed by atoms with E-state index in [2.05, 4.69) is 117 Å². The average molecular weight is 415 g/mol. The zero-order valence-electron chi connectivity index (χ0n) is 18.3. The van der Waals surface area contributed by atoms with Crippen LogP contribution in [-0.4, -0.2) is 25.7 Å². The monoisotopic (exact) mass is 414 g/mol. The molecule has 0 N–H and O–H groups in total. The molecule has 4 rings (SSSR count). The van der Waals surface area contributed by atoms with Crippen LogP contribution in [0, 0.1) is 0 Å². The minimum absolute atomic E-state index is 1.04. The SMILES string of the molecule is C[Si](C)(C)c1cccc([Si](C)(C)C)c1-n1c(-c2ccccc2)nc2ccccc21. The summed E-state index contributed by atoms with van der Waals surface area (Å²) in [5.41, 5.74) is 4.80. The van der Waals surface area contributed by atoms with Crippen LogP contribution in [0.15, 0.2) is 72.8 Å². The Morgan fingerprint density at radius 2 is 1.17 bits per heavy atom. The first-order chi connectivity index (χ1) is 13.7. The van der Waals surface area contributed by atoms with Gasteiger partial charge in [0, 0.05) is 11.3 Å². The van der Waals surface area contributed by atoms with Crippen molar-refractivity contribution in [3.05, 3.63) is 72.8 Å². The molecule has 0 aliphatic carbocycles. The molecule has 0 bridgehead atoms. The Kier molecular flexibility index (Phi) is 4.87. The highest BCUT2D eigenvalue weighted by Crippen LogP contribution is 2.29. The molecule has 148 valence electrons. The maximum absolute atomic E-state index is 5.10. The van der Waals surface area contributed by atoms with Crippen molar-refractivity contribution in [2.24, 2.45) is 0 Å². The van der Waals surface area contributed by atoms with Crippen LogP contribution in [0.1, 0.15) is 0 Å². The van der Waals surface area contributed by atoms with Gasteiger partial charge in [-0.25, -0.2) is 4.98 Å². The number of rotatable bonds is 4. The van der Waals surface area contributed by atoms with Crippen LogP contribution in [0.4, 0.5) is 0 Å². The van der Waals surface area contributed by atoms with Crippen molar-refractivity contribution in [2.75, 3.05) is 0 Å². The summed E-state index contributed by atoms with van der Waals surface area (Å²) in [7, 11) is -3.16. The smallest absolute Gasteiger partial charge is 0.145 e. The van der Waals surface area contributed by atoms with Crippen LogP contribution < -0.4 is 10.4 Å². The van der Waals surface area contributed by atoms with Gasteiger partial charge in [0.25, 0.3) is 0 Å². The summed E-state index contributed by atoms with van der Waals surface area (Å²) < 4.78 is 2.45. The van der Waals surface area contributed by atoms with Crippen molar-refractivity contribution in [1.82, 2.24) is 9.55 Å². The maximum Gasteiger partial charge on any atom is 0.145 e. The van der Waals surface area contributed by atoms with Gasteiger partial charge < -0.3 is 0 Å². The van der Waals surface area contributed by atoms with Gasteiger partial charge in [-0.1, -0.05) is 99.9 Å². The van der Waals surface area contributed by atoms with Crippen LogP contribution in [0.3, 0.4) is 0 Å². The molecule has 3 aromatic carbocycles. The first-order valence-corrected chi connectivity index (χ1v) is 17.4. The Morgan fingerprint density at radius 3 is 1.76 bits per heavy atom. The van der Waals surface area contributed by atoms with E-state index in [-0.39, 0.29) is 0 Å². The summed E-state index contributed by atoms with van der Waals surface area (Å²) in [6.07, 6.45) is 0. The highest BCUT2D eigenvalue weighted by Gasteiger charge is 2.30. The van der Waals surface area contributed by atoms with E-state index >= 15 is 0 Å². The zero-order valence-corrected chi connectivity index (χ0v) is 20.3. The number of fused-ring (bicyclic) bond motifs is 1. The summed E-state index contributed by atoms with van der Waals surface area (Å²) >= 11 is 0. The first-order valence-electron chi connectivity index (χ1n) is 10.4. The molecule has 2 nitrogen and oxygen atoms in total. The normalized spacial score (nSPS) is 12.5. The Balaban J connectivity index is 2.19. The Morgan fingerprint density at radius 1 is 0.621 bits per heavy atom. The van der Waals surface area contributed by atoms with E-state index in [0.29, 0.717) is 0 Å². The second-order valence-electron chi connectivity index (χ2n) is 9.83. The zero-order chi connectivity index (χ0) is 20.8.